The van der Waals surface area contributed by atoms with Crippen LogP contribution in [-0.2, 0) is 9.59 Å². The Bertz CT molecular complexity index is 484. The zero-order valence-electron chi connectivity index (χ0n) is 12.3. The first-order valence-electron chi connectivity index (χ1n) is 7.14. The third kappa shape index (κ3) is 4.03. The number of carbonyl (C=O) groups is 2. The fourth-order valence-corrected chi connectivity index (χ4v) is 2.41. The molecular weight excluding hydrogens is 268 g/mol. The zero-order valence-corrected chi connectivity index (χ0v) is 12.3. The fourth-order valence-electron chi connectivity index (χ4n) is 2.41. The van der Waals surface area contributed by atoms with E-state index in [1.807, 2.05) is 35.2 Å². The summed E-state index contributed by atoms with van der Waals surface area (Å²) >= 11 is 0. The van der Waals surface area contributed by atoms with E-state index in [4.69, 9.17) is 5.73 Å². The summed E-state index contributed by atoms with van der Waals surface area (Å²) in [6.45, 7) is 2.98. The molecule has 0 spiro atoms. The molecule has 114 valence electrons. The van der Waals surface area contributed by atoms with Crippen molar-refractivity contribution in [1.29, 1.82) is 0 Å². The van der Waals surface area contributed by atoms with Crippen LogP contribution in [0.25, 0.3) is 0 Å². The molecule has 1 unspecified atom stereocenters. The predicted octanol–water partition coefficient (Wildman–Crippen LogP) is -0.423. The van der Waals surface area contributed by atoms with Gasteiger partial charge in [-0.25, -0.2) is 0 Å². The largest absolute Gasteiger partial charge is 0.358 e. The molecule has 3 N–H and O–H groups in total. The maximum absolute atomic E-state index is 12.4. The van der Waals surface area contributed by atoms with E-state index in [2.05, 4.69) is 5.32 Å². The number of piperazine rings is 1. The third-order valence-electron chi connectivity index (χ3n) is 3.75. The number of hydrogen-bond donors (Lipinski definition) is 2. The van der Waals surface area contributed by atoms with Gasteiger partial charge in [-0.3, -0.25) is 14.5 Å². The minimum Gasteiger partial charge on any atom is -0.358 e. The lowest BCUT2D eigenvalue weighted by Crippen LogP contribution is -2.52. The van der Waals surface area contributed by atoms with Crippen LogP contribution >= 0.6 is 0 Å². The molecule has 1 heterocycles. The number of hydrogen-bond acceptors (Lipinski definition) is 4. The van der Waals surface area contributed by atoms with Crippen LogP contribution in [0.15, 0.2) is 30.3 Å². The number of nitrogens with zero attached hydrogens (tertiary/aromatic N) is 2. The van der Waals surface area contributed by atoms with Crippen LogP contribution in [0.3, 0.4) is 0 Å². The Morgan fingerprint density at radius 1 is 1.19 bits per heavy atom. The van der Waals surface area contributed by atoms with Crippen LogP contribution in [0.4, 0.5) is 0 Å². The smallest absolute Gasteiger partial charge is 0.244 e. The molecule has 0 aliphatic carbocycles. The highest BCUT2D eigenvalue weighted by molar-refractivity contribution is 5.83. The lowest BCUT2D eigenvalue weighted by Gasteiger charge is -2.35. The van der Waals surface area contributed by atoms with Gasteiger partial charge < -0.3 is 16.0 Å². The summed E-state index contributed by atoms with van der Waals surface area (Å²) in [7, 11) is 1.63. The Labute approximate surface area is 124 Å². The van der Waals surface area contributed by atoms with Crippen LogP contribution in [0.5, 0.6) is 0 Å². The highest BCUT2D eigenvalue weighted by Gasteiger charge is 2.26. The Morgan fingerprint density at radius 3 is 2.38 bits per heavy atom. The maximum atomic E-state index is 12.4. The van der Waals surface area contributed by atoms with Crippen molar-refractivity contribution in [2.45, 2.75) is 6.04 Å². The first-order chi connectivity index (χ1) is 10.1. The van der Waals surface area contributed by atoms with Gasteiger partial charge in [0.05, 0.1) is 6.54 Å². The summed E-state index contributed by atoms with van der Waals surface area (Å²) in [6.07, 6.45) is 0. The van der Waals surface area contributed by atoms with Gasteiger partial charge in [-0.1, -0.05) is 30.3 Å². The van der Waals surface area contributed by atoms with Crippen molar-refractivity contribution in [3.63, 3.8) is 0 Å². The quantitative estimate of drug-likeness (QED) is 0.789. The molecule has 0 aromatic heterocycles. The predicted molar refractivity (Wildman–Crippen MR) is 80.5 cm³/mol. The summed E-state index contributed by atoms with van der Waals surface area (Å²) in [6, 6.07) is 8.78. The van der Waals surface area contributed by atoms with Gasteiger partial charge in [0.1, 0.15) is 6.04 Å². The van der Waals surface area contributed by atoms with Gasteiger partial charge in [0.15, 0.2) is 0 Å². The van der Waals surface area contributed by atoms with E-state index in [1.165, 1.54) is 0 Å². The Kier molecular flexibility index (Phi) is 5.30. The molecule has 1 aromatic carbocycles. The number of nitrogens with one attached hydrogen (secondary N) is 1. The summed E-state index contributed by atoms with van der Waals surface area (Å²) < 4.78 is 0. The van der Waals surface area contributed by atoms with Gasteiger partial charge in [-0.15, -0.1) is 0 Å². The molecule has 1 aliphatic rings. The van der Waals surface area contributed by atoms with E-state index in [1.54, 1.807) is 11.9 Å². The highest BCUT2D eigenvalue weighted by Crippen LogP contribution is 2.14. The average molecular weight is 290 g/mol. The molecule has 0 saturated carbocycles. The SMILES string of the molecule is CNC(=O)CN1CCN(C(=O)C(N)c2ccccc2)CC1. The lowest BCUT2D eigenvalue weighted by molar-refractivity contribution is -0.134. The molecule has 2 amide bonds. The van der Waals surface area contributed by atoms with Gasteiger partial charge in [0.25, 0.3) is 0 Å². The molecule has 6 heteroatoms. The Balaban J connectivity index is 1.87. The molecule has 0 bridgehead atoms. The van der Waals surface area contributed by atoms with Crippen molar-refractivity contribution in [2.24, 2.45) is 5.73 Å². The Hall–Kier alpha value is -1.92. The normalized spacial score (nSPS) is 17.3. The maximum Gasteiger partial charge on any atom is 0.244 e. The number of rotatable bonds is 4. The summed E-state index contributed by atoms with van der Waals surface area (Å²) in [4.78, 5) is 27.5. The van der Waals surface area contributed by atoms with Gasteiger partial charge in [-0.05, 0) is 5.56 Å². The molecule has 1 saturated heterocycles. The average Bonchev–Trinajstić information content (AvgIpc) is 2.55. The number of amides is 2. The standard InChI is InChI=1S/C15H22N4O2/c1-17-13(20)11-18-7-9-19(10-8-18)15(21)14(16)12-5-3-2-4-6-12/h2-6,14H,7-11,16H2,1H3,(H,17,20). The summed E-state index contributed by atoms with van der Waals surface area (Å²) in [5.41, 5.74) is 6.87. The Morgan fingerprint density at radius 2 is 1.81 bits per heavy atom. The van der Waals surface area contributed by atoms with Crippen molar-refractivity contribution in [3.8, 4) is 0 Å². The van der Waals surface area contributed by atoms with Crippen LogP contribution in [0.1, 0.15) is 11.6 Å². The minimum absolute atomic E-state index is 0.00392. The minimum atomic E-state index is -0.614. The number of benzene rings is 1. The first-order valence-corrected chi connectivity index (χ1v) is 7.14. The third-order valence-corrected chi connectivity index (χ3v) is 3.75. The first kappa shape index (κ1) is 15.5. The van der Waals surface area contributed by atoms with E-state index in [-0.39, 0.29) is 11.8 Å². The van der Waals surface area contributed by atoms with Gasteiger partial charge >= 0.3 is 0 Å². The molecule has 0 radical (unpaired) electrons. The van der Waals surface area contributed by atoms with Gasteiger partial charge in [0.2, 0.25) is 11.8 Å². The monoisotopic (exact) mass is 290 g/mol. The molecule has 1 fully saturated rings. The number of likely N-dealkylation sites (N-methyl/N-ethyl adjacent to an activating group) is 1. The second-order valence-corrected chi connectivity index (χ2v) is 5.16. The van der Waals surface area contributed by atoms with Crippen molar-refractivity contribution in [1.82, 2.24) is 15.1 Å². The zero-order chi connectivity index (χ0) is 15.2. The molecule has 2 rings (SSSR count). The molecule has 1 aromatic rings. The van der Waals surface area contributed by atoms with E-state index >= 15 is 0 Å². The molecule has 1 aliphatic heterocycles. The van der Waals surface area contributed by atoms with Crippen LogP contribution in [-0.4, -0.2) is 61.4 Å². The second-order valence-electron chi connectivity index (χ2n) is 5.16. The van der Waals surface area contributed by atoms with Crippen molar-refractivity contribution < 1.29 is 9.59 Å². The van der Waals surface area contributed by atoms with Crippen LogP contribution in [0.2, 0.25) is 0 Å². The van der Waals surface area contributed by atoms with Crippen molar-refractivity contribution >= 4 is 11.8 Å². The number of nitrogens with two attached hydrogens (primary N) is 1. The van der Waals surface area contributed by atoms with Crippen molar-refractivity contribution in [3.05, 3.63) is 35.9 Å². The van der Waals surface area contributed by atoms with E-state index in [9.17, 15) is 9.59 Å². The molecule has 6 nitrogen and oxygen atoms in total. The fraction of sp³-hybridized carbons (Fsp3) is 0.467. The second kappa shape index (κ2) is 7.19. The van der Waals surface area contributed by atoms with Gasteiger partial charge in [0, 0.05) is 33.2 Å². The van der Waals surface area contributed by atoms with E-state index < -0.39 is 6.04 Å². The van der Waals surface area contributed by atoms with Gasteiger partial charge in [-0.2, -0.15) is 0 Å². The molecular formula is C15H22N4O2. The number of carbonyl (C=O) groups excluding carboxylic acids is 2. The molecule has 21 heavy (non-hydrogen) atoms. The van der Waals surface area contributed by atoms with Crippen LogP contribution < -0.4 is 11.1 Å². The molecule has 1 atom stereocenters. The summed E-state index contributed by atoms with van der Waals surface area (Å²) in [5, 5.41) is 2.60. The summed E-state index contributed by atoms with van der Waals surface area (Å²) in [5.74, 6) is -0.0587. The van der Waals surface area contributed by atoms with E-state index in [0.29, 0.717) is 32.7 Å². The van der Waals surface area contributed by atoms with E-state index in [0.717, 1.165) is 5.56 Å². The van der Waals surface area contributed by atoms with Crippen LogP contribution in [0, 0.1) is 0 Å². The van der Waals surface area contributed by atoms with Crippen molar-refractivity contribution in [2.75, 3.05) is 39.8 Å². The highest BCUT2D eigenvalue weighted by atomic mass is 16.2. The topological polar surface area (TPSA) is 78.7 Å². The lowest BCUT2D eigenvalue weighted by atomic mass is 10.1.